The van der Waals surface area contributed by atoms with Gasteiger partial charge in [0.1, 0.15) is 18.3 Å². The summed E-state index contributed by atoms with van der Waals surface area (Å²) in [6.07, 6.45) is -7.44. The molecule has 1 amide bonds. The van der Waals surface area contributed by atoms with Crippen molar-refractivity contribution < 1.29 is 35.9 Å². The molecule has 3 heterocycles. The van der Waals surface area contributed by atoms with E-state index >= 15 is 0 Å². The number of pyridine rings is 1. The maximum atomic E-state index is 13.1. The van der Waals surface area contributed by atoms with E-state index in [2.05, 4.69) is 19.9 Å². The Labute approximate surface area is 164 Å². The molecule has 1 aromatic carbocycles. The standard InChI is InChI=1S/C18H10F6N4O2/c19-17(20,21)8-28-13-5-12(9-3-1-2-4-14(9)30-18(22,23)24)25-6-10(13)15-11(16(28)29)7-26-27-15/h1-7,15H,8H2. The Balaban J connectivity index is 1.84. The first-order valence-electron chi connectivity index (χ1n) is 8.37. The lowest BCUT2D eigenvalue weighted by molar-refractivity contribution is -0.274. The zero-order valence-electron chi connectivity index (χ0n) is 14.7. The fourth-order valence-electron chi connectivity index (χ4n) is 3.24. The Hall–Kier alpha value is -3.44. The van der Waals surface area contributed by atoms with Gasteiger partial charge in [0, 0.05) is 17.3 Å². The van der Waals surface area contributed by atoms with E-state index in [1.807, 2.05) is 0 Å². The van der Waals surface area contributed by atoms with Gasteiger partial charge in [-0.15, -0.1) is 13.2 Å². The number of nitrogens with zero attached hydrogens (tertiary/aromatic N) is 4. The van der Waals surface area contributed by atoms with Crippen LogP contribution in [0.1, 0.15) is 11.6 Å². The number of amides is 1. The minimum atomic E-state index is -4.98. The number of hydrogen-bond acceptors (Lipinski definition) is 5. The number of halogens is 6. The van der Waals surface area contributed by atoms with E-state index in [4.69, 9.17) is 0 Å². The number of ether oxygens (including phenoxy) is 1. The van der Waals surface area contributed by atoms with Crippen molar-refractivity contribution in [2.75, 3.05) is 11.4 Å². The first-order chi connectivity index (χ1) is 14.0. The maximum absolute atomic E-state index is 13.1. The van der Waals surface area contributed by atoms with Gasteiger partial charge < -0.3 is 4.74 Å². The van der Waals surface area contributed by atoms with Crippen LogP contribution in [-0.2, 0) is 4.79 Å². The molecule has 2 aromatic rings. The summed E-state index contributed by atoms with van der Waals surface area (Å²) in [7, 11) is 0. The monoisotopic (exact) mass is 428 g/mol. The predicted molar refractivity (Wildman–Crippen MR) is 90.4 cm³/mol. The molecule has 0 aliphatic carbocycles. The lowest BCUT2D eigenvalue weighted by Gasteiger charge is -2.32. The van der Waals surface area contributed by atoms with Crippen molar-refractivity contribution in [1.82, 2.24) is 4.98 Å². The van der Waals surface area contributed by atoms with Gasteiger partial charge in [-0.1, -0.05) is 12.1 Å². The molecule has 4 rings (SSSR count). The van der Waals surface area contributed by atoms with Gasteiger partial charge in [0.05, 0.1) is 23.2 Å². The van der Waals surface area contributed by atoms with Crippen LogP contribution in [0.15, 0.2) is 58.5 Å². The van der Waals surface area contributed by atoms with E-state index in [-0.39, 0.29) is 28.1 Å². The van der Waals surface area contributed by atoms with Crippen LogP contribution in [0.2, 0.25) is 0 Å². The Morgan fingerprint density at radius 2 is 1.83 bits per heavy atom. The molecule has 156 valence electrons. The van der Waals surface area contributed by atoms with Gasteiger partial charge in [0.15, 0.2) is 0 Å². The molecule has 1 unspecified atom stereocenters. The third kappa shape index (κ3) is 3.72. The molecule has 0 fully saturated rings. The zero-order valence-corrected chi connectivity index (χ0v) is 14.7. The van der Waals surface area contributed by atoms with E-state index in [9.17, 15) is 31.1 Å². The summed E-state index contributed by atoms with van der Waals surface area (Å²) in [5.41, 5.74) is -0.221. The number of carbonyl (C=O) groups is 1. The summed E-state index contributed by atoms with van der Waals surface area (Å²) in [4.78, 5) is 17.2. The molecule has 0 spiro atoms. The quantitative estimate of drug-likeness (QED) is 0.650. The van der Waals surface area contributed by atoms with Crippen molar-refractivity contribution in [2.24, 2.45) is 10.2 Å². The highest BCUT2D eigenvalue weighted by Crippen LogP contribution is 2.45. The van der Waals surface area contributed by atoms with Crippen molar-refractivity contribution in [2.45, 2.75) is 18.6 Å². The second-order valence-electron chi connectivity index (χ2n) is 6.40. The molecule has 2 aliphatic heterocycles. The number of azo groups is 1. The molecular formula is C18H10F6N4O2. The molecule has 0 saturated heterocycles. The fraction of sp³-hybridized carbons (Fsp3) is 0.222. The number of alkyl halides is 6. The SMILES string of the molecule is O=C1C2=CN=NC2c2cnc(-c3ccccc3OC(F)(F)F)cc2N1CC(F)(F)F. The molecular weight excluding hydrogens is 418 g/mol. The Morgan fingerprint density at radius 3 is 2.53 bits per heavy atom. The predicted octanol–water partition coefficient (Wildman–Crippen LogP) is 4.95. The number of fused-ring (bicyclic) bond motifs is 3. The van der Waals surface area contributed by atoms with E-state index in [0.717, 1.165) is 18.3 Å². The Morgan fingerprint density at radius 1 is 1.10 bits per heavy atom. The number of anilines is 1. The second-order valence-corrected chi connectivity index (χ2v) is 6.40. The first kappa shape index (κ1) is 19.9. The van der Waals surface area contributed by atoms with Gasteiger partial charge in [-0.05, 0) is 18.2 Å². The molecule has 0 N–H and O–H groups in total. The highest BCUT2D eigenvalue weighted by molar-refractivity contribution is 6.10. The van der Waals surface area contributed by atoms with Crippen LogP contribution in [0, 0.1) is 0 Å². The summed E-state index contributed by atoms with van der Waals surface area (Å²) in [6.45, 7) is -1.59. The largest absolute Gasteiger partial charge is 0.573 e. The first-order valence-corrected chi connectivity index (χ1v) is 8.37. The van der Waals surface area contributed by atoms with Crippen LogP contribution in [0.25, 0.3) is 11.3 Å². The highest BCUT2D eigenvalue weighted by atomic mass is 19.4. The third-order valence-corrected chi connectivity index (χ3v) is 4.39. The molecule has 12 heteroatoms. The van der Waals surface area contributed by atoms with Crippen LogP contribution >= 0.6 is 0 Å². The summed E-state index contributed by atoms with van der Waals surface area (Å²) in [5, 5.41) is 7.44. The molecule has 6 nitrogen and oxygen atoms in total. The van der Waals surface area contributed by atoms with E-state index < -0.39 is 36.8 Å². The minimum Gasteiger partial charge on any atom is -0.405 e. The lowest BCUT2D eigenvalue weighted by Crippen LogP contribution is -2.43. The smallest absolute Gasteiger partial charge is 0.405 e. The lowest BCUT2D eigenvalue weighted by atomic mass is 9.93. The Bertz CT molecular complexity index is 1080. The summed E-state index contributed by atoms with van der Waals surface area (Å²) < 4.78 is 81.4. The normalized spacial score (nSPS) is 18.2. The van der Waals surface area contributed by atoms with Crippen molar-refractivity contribution in [3.8, 4) is 17.0 Å². The number of hydrogen-bond donors (Lipinski definition) is 0. The maximum Gasteiger partial charge on any atom is 0.573 e. The third-order valence-electron chi connectivity index (χ3n) is 4.39. The van der Waals surface area contributed by atoms with Crippen LogP contribution < -0.4 is 9.64 Å². The number of aromatic nitrogens is 1. The average molecular weight is 428 g/mol. The second kappa shape index (κ2) is 6.82. The zero-order chi connectivity index (χ0) is 21.7. The van der Waals surface area contributed by atoms with Crippen molar-refractivity contribution in [3.05, 3.63) is 53.9 Å². The van der Waals surface area contributed by atoms with Crippen molar-refractivity contribution in [3.63, 3.8) is 0 Å². The topological polar surface area (TPSA) is 67.1 Å². The van der Waals surface area contributed by atoms with Gasteiger partial charge in [0.2, 0.25) is 0 Å². The van der Waals surface area contributed by atoms with Crippen LogP contribution in [0.4, 0.5) is 32.0 Å². The molecule has 1 atom stereocenters. The van der Waals surface area contributed by atoms with Gasteiger partial charge in [-0.2, -0.15) is 23.4 Å². The highest BCUT2D eigenvalue weighted by Gasteiger charge is 2.43. The summed E-state index contributed by atoms with van der Waals surface area (Å²) in [5.74, 6) is -1.52. The molecule has 1 aromatic heterocycles. The molecule has 2 aliphatic rings. The number of para-hydroxylation sites is 1. The van der Waals surface area contributed by atoms with Gasteiger partial charge in [0.25, 0.3) is 5.91 Å². The van der Waals surface area contributed by atoms with Crippen LogP contribution in [0.3, 0.4) is 0 Å². The van der Waals surface area contributed by atoms with E-state index in [1.54, 1.807) is 0 Å². The number of rotatable bonds is 3. The van der Waals surface area contributed by atoms with Gasteiger partial charge >= 0.3 is 12.5 Å². The molecule has 0 radical (unpaired) electrons. The summed E-state index contributed by atoms with van der Waals surface area (Å²) in [6, 6.07) is 5.24. The van der Waals surface area contributed by atoms with Crippen molar-refractivity contribution in [1.29, 1.82) is 0 Å². The number of carbonyl (C=O) groups excluding carboxylic acids is 1. The summed E-state index contributed by atoms with van der Waals surface area (Å²) >= 11 is 0. The van der Waals surface area contributed by atoms with E-state index in [1.165, 1.54) is 24.4 Å². The minimum absolute atomic E-state index is 0.0397. The van der Waals surface area contributed by atoms with E-state index in [0.29, 0.717) is 4.90 Å². The number of benzene rings is 1. The van der Waals surface area contributed by atoms with Gasteiger partial charge in [-0.3, -0.25) is 14.7 Å². The van der Waals surface area contributed by atoms with Crippen molar-refractivity contribution >= 4 is 11.6 Å². The van der Waals surface area contributed by atoms with Gasteiger partial charge in [-0.25, -0.2) is 0 Å². The molecule has 0 saturated carbocycles. The Kier molecular flexibility index (Phi) is 4.51. The fourth-order valence-corrected chi connectivity index (χ4v) is 3.24. The molecule has 0 bridgehead atoms. The van der Waals surface area contributed by atoms with Crippen LogP contribution in [-0.4, -0.2) is 30.0 Å². The average Bonchev–Trinajstić information content (AvgIpc) is 3.13. The van der Waals surface area contributed by atoms with Crippen LogP contribution in [0.5, 0.6) is 5.75 Å². The molecule has 30 heavy (non-hydrogen) atoms.